The van der Waals surface area contributed by atoms with Crippen LogP contribution in [-0.2, 0) is 10.9 Å². The molecule has 1 N–H and O–H groups in total. The lowest BCUT2D eigenvalue weighted by molar-refractivity contribution is -0.137. The molecular weight excluding hydrogens is 351 g/mol. The van der Waals surface area contributed by atoms with Crippen molar-refractivity contribution in [2.45, 2.75) is 50.9 Å². The number of nitrogens with one attached hydrogen (secondary N) is 1. The quantitative estimate of drug-likeness (QED) is 0.650. The van der Waals surface area contributed by atoms with Crippen molar-refractivity contribution in [2.75, 3.05) is 11.9 Å². The smallest absolute Gasteiger partial charge is 0.377 e. The van der Waals surface area contributed by atoms with E-state index in [0.29, 0.717) is 17.7 Å². The summed E-state index contributed by atoms with van der Waals surface area (Å²) in [5.74, 6) is 0.141. The van der Waals surface area contributed by atoms with Gasteiger partial charge in [-0.15, -0.1) is 0 Å². The normalized spacial score (nSPS) is 24.9. The minimum atomic E-state index is -4.41. The van der Waals surface area contributed by atoms with Crippen LogP contribution in [0, 0.1) is 5.92 Å². The molecule has 4 rings (SSSR count). The van der Waals surface area contributed by atoms with Crippen LogP contribution in [0.5, 0.6) is 0 Å². The molecule has 0 unspecified atom stereocenters. The summed E-state index contributed by atoms with van der Waals surface area (Å²) in [7, 11) is 0. The van der Waals surface area contributed by atoms with Gasteiger partial charge in [-0.25, -0.2) is 0 Å². The van der Waals surface area contributed by atoms with Crippen molar-refractivity contribution in [3.8, 4) is 0 Å². The molecule has 0 saturated carbocycles. The molecule has 144 valence electrons. The second kappa shape index (κ2) is 6.86. The highest BCUT2D eigenvalue weighted by molar-refractivity contribution is 5.65. The molecule has 5 heteroatoms. The van der Waals surface area contributed by atoms with Gasteiger partial charge in [0.15, 0.2) is 0 Å². The maximum absolute atomic E-state index is 13.9. The SMILES string of the molecule is CC(C)c1cc2c(c(C(F)(F)F)c1)N[C@@H](c1ccccc1)[C@@H]1CCCO[C@H]21. The van der Waals surface area contributed by atoms with E-state index in [9.17, 15) is 13.2 Å². The molecule has 1 saturated heterocycles. The summed E-state index contributed by atoms with van der Waals surface area (Å²) in [5, 5.41) is 3.25. The van der Waals surface area contributed by atoms with Gasteiger partial charge in [-0.05, 0) is 36.0 Å². The molecular formula is C22H24F3NO. The first-order valence-corrected chi connectivity index (χ1v) is 9.54. The number of anilines is 1. The Labute approximate surface area is 157 Å². The fourth-order valence-corrected chi connectivity index (χ4v) is 4.35. The number of fused-ring (bicyclic) bond motifs is 3. The number of hydrogen-bond donors (Lipinski definition) is 1. The van der Waals surface area contributed by atoms with Crippen molar-refractivity contribution in [2.24, 2.45) is 5.92 Å². The van der Waals surface area contributed by atoms with E-state index in [2.05, 4.69) is 5.32 Å². The molecule has 0 aliphatic carbocycles. The van der Waals surface area contributed by atoms with Crippen LogP contribution in [0.3, 0.4) is 0 Å². The molecule has 0 amide bonds. The van der Waals surface area contributed by atoms with E-state index in [0.717, 1.165) is 18.4 Å². The van der Waals surface area contributed by atoms with E-state index in [4.69, 9.17) is 4.74 Å². The maximum Gasteiger partial charge on any atom is 0.418 e. The van der Waals surface area contributed by atoms with Gasteiger partial charge in [0.05, 0.1) is 23.4 Å². The molecule has 2 aliphatic heterocycles. The minimum absolute atomic E-state index is 0.0188. The molecule has 3 atom stereocenters. The average Bonchev–Trinajstić information content (AvgIpc) is 2.66. The molecule has 0 bridgehead atoms. The van der Waals surface area contributed by atoms with E-state index in [-0.39, 0.29) is 29.7 Å². The molecule has 2 nitrogen and oxygen atoms in total. The third kappa shape index (κ3) is 3.33. The first kappa shape index (κ1) is 18.4. The van der Waals surface area contributed by atoms with Crippen LogP contribution < -0.4 is 5.32 Å². The van der Waals surface area contributed by atoms with Crippen LogP contribution in [0.4, 0.5) is 18.9 Å². The lowest BCUT2D eigenvalue weighted by Gasteiger charge is -2.44. The van der Waals surface area contributed by atoms with Crippen LogP contribution in [0.15, 0.2) is 42.5 Å². The third-order valence-corrected chi connectivity index (χ3v) is 5.72. The first-order valence-electron chi connectivity index (χ1n) is 9.54. The Balaban J connectivity index is 1.89. The van der Waals surface area contributed by atoms with Crippen molar-refractivity contribution < 1.29 is 17.9 Å². The molecule has 27 heavy (non-hydrogen) atoms. The molecule has 0 aromatic heterocycles. The number of rotatable bonds is 2. The Kier molecular flexibility index (Phi) is 4.66. The lowest BCUT2D eigenvalue weighted by Crippen LogP contribution is -2.37. The Morgan fingerprint density at radius 3 is 2.52 bits per heavy atom. The molecule has 2 heterocycles. The van der Waals surface area contributed by atoms with Crippen LogP contribution in [-0.4, -0.2) is 6.61 Å². The number of halogens is 3. The highest BCUT2D eigenvalue weighted by Gasteiger charge is 2.44. The maximum atomic E-state index is 13.9. The van der Waals surface area contributed by atoms with E-state index in [1.54, 1.807) is 0 Å². The summed E-state index contributed by atoms with van der Waals surface area (Å²) in [6.07, 6.45) is -2.85. The number of ether oxygens (including phenoxy) is 1. The van der Waals surface area contributed by atoms with Crippen molar-refractivity contribution in [1.29, 1.82) is 0 Å². The molecule has 0 radical (unpaired) electrons. The summed E-state index contributed by atoms with van der Waals surface area (Å²) in [4.78, 5) is 0. The summed E-state index contributed by atoms with van der Waals surface area (Å²) < 4.78 is 47.7. The molecule has 2 aromatic carbocycles. The van der Waals surface area contributed by atoms with E-state index in [1.165, 1.54) is 6.07 Å². The van der Waals surface area contributed by atoms with Gasteiger partial charge in [0.2, 0.25) is 0 Å². The predicted molar refractivity (Wildman–Crippen MR) is 99.8 cm³/mol. The molecule has 0 spiro atoms. The zero-order valence-corrected chi connectivity index (χ0v) is 15.5. The van der Waals surface area contributed by atoms with Gasteiger partial charge in [0.25, 0.3) is 0 Å². The Morgan fingerprint density at radius 2 is 1.85 bits per heavy atom. The average molecular weight is 375 g/mol. The largest absolute Gasteiger partial charge is 0.418 e. The summed E-state index contributed by atoms with van der Waals surface area (Å²) in [5.41, 5.74) is 1.96. The number of benzene rings is 2. The van der Waals surface area contributed by atoms with E-state index >= 15 is 0 Å². The van der Waals surface area contributed by atoms with Crippen LogP contribution in [0.1, 0.15) is 67.0 Å². The van der Waals surface area contributed by atoms with Gasteiger partial charge in [-0.1, -0.05) is 50.2 Å². The third-order valence-electron chi connectivity index (χ3n) is 5.72. The Hall–Kier alpha value is -2.01. The first-order chi connectivity index (χ1) is 12.9. The summed E-state index contributed by atoms with van der Waals surface area (Å²) in [6, 6.07) is 12.7. The van der Waals surface area contributed by atoms with Crippen molar-refractivity contribution >= 4 is 5.69 Å². The van der Waals surface area contributed by atoms with Crippen molar-refractivity contribution in [3.05, 3.63) is 64.7 Å². The molecule has 2 aliphatic rings. The van der Waals surface area contributed by atoms with Gasteiger partial charge < -0.3 is 10.1 Å². The highest BCUT2D eigenvalue weighted by atomic mass is 19.4. The van der Waals surface area contributed by atoms with E-state index in [1.807, 2.05) is 50.2 Å². The van der Waals surface area contributed by atoms with Gasteiger partial charge in [-0.2, -0.15) is 13.2 Å². The lowest BCUT2D eigenvalue weighted by atomic mass is 9.76. The predicted octanol–water partition coefficient (Wildman–Crippen LogP) is 6.46. The summed E-state index contributed by atoms with van der Waals surface area (Å²) >= 11 is 0. The number of hydrogen-bond acceptors (Lipinski definition) is 2. The van der Waals surface area contributed by atoms with Crippen LogP contribution in [0.2, 0.25) is 0 Å². The molecule has 1 fully saturated rings. The fraction of sp³-hybridized carbons (Fsp3) is 0.455. The second-order valence-electron chi connectivity index (χ2n) is 7.82. The van der Waals surface area contributed by atoms with Gasteiger partial charge in [0.1, 0.15) is 0 Å². The van der Waals surface area contributed by atoms with E-state index < -0.39 is 11.7 Å². The van der Waals surface area contributed by atoms with Crippen LogP contribution in [0.25, 0.3) is 0 Å². The highest BCUT2D eigenvalue weighted by Crippen LogP contribution is 2.52. The molecule has 2 aromatic rings. The standard InChI is InChI=1S/C22H24F3NO/c1-13(2)15-11-17-20(18(12-15)22(23,24)25)26-19(14-7-4-3-5-8-14)16-9-6-10-27-21(16)17/h3-5,7-8,11-13,16,19,21,26H,6,9-10H2,1-2H3/t16-,19-,21-/m0/s1. The monoisotopic (exact) mass is 375 g/mol. The topological polar surface area (TPSA) is 21.3 Å². The van der Waals surface area contributed by atoms with Crippen molar-refractivity contribution in [3.63, 3.8) is 0 Å². The fourth-order valence-electron chi connectivity index (χ4n) is 4.35. The second-order valence-corrected chi connectivity index (χ2v) is 7.82. The minimum Gasteiger partial charge on any atom is -0.377 e. The van der Waals surface area contributed by atoms with Gasteiger partial charge in [-0.3, -0.25) is 0 Å². The van der Waals surface area contributed by atoms with Gasteiger partial charge >= 0.3 is 6.18 Å². The van der Waals surface area contributed by atoms with Crippen LogP contribution >= 0.6 is 0 Å². The van der Waals surface area contributed by atoms with Crippen molar-refractivity contribution in [1.82, 2.24) is 0 Å². The Morgan fingerprint density at radius 1 is 1.11 bits per heavy atom. The Bertz CT molecular complexity index is 816. The number of alkyl halides is 3. The zero-order valence-electron chi connectivity index (χ0n) is 15.5. The van der Waals surface area contributed by atoms with Gasteiger partial charge in [0, 0.05) is 18.1 Å². The summed E-state index contributed by atoms with van der Waals surface area (Å²) in [6.45, 7) is 4.43. The zero-order chi connectivity index (χ0) is 19.2.